The van der Waals surface area contributed by atoms with E-state index in [0.717, 1.165) is 42.7 Å². The quantitative estimate of drug-likeness (QED) is 0.702. The van der Waals surface area contributed by atoms with Crippen LogP contribution in [0.15, 0.2) is 42.5 Å². The van der Waals surface area contributed by atoms with Gasteiger partial charge in [0.05, 0.1) is 18.8 Å². The number of ether oxygens (including phenoxy) is 2. The van der Waals surface area contributed by atoms with E-state index in [1.165, 1.54) is 6.07 Å². The summed E-state index contributed by atoms with van der Waals surface area (Å²) in [6.45, 7) is 5.36. The van der Waals surface area contributed by atoms with Crippen molar-refractivity contribution in [2.75, 3.05) is 13.2 Å². The number of rotatable bonds is 4. The highest BCUT2D eigenvalue weighted by atomic mass is 19.1. The van der Waals surface area contributed by atoms with E-state index >= 15 is 0 Å². The maximum Gasteiger partial charge on any atom is 0.183 e. The number of hydrogen-bond donors (Lipinski definition) is 0. The predicted molar refractivity (Wildman–Crippen MR) is 97.4 cm³/mol. The molecule has 1 heterocycles. The molecule has 0 aliphatic carbocycles. The highest BCUT2D eigenvalue weighted by molar-refractivity contribution is 5.65. The molecule has 0 saturated carbocycles. The van der Waals surface area contributed by atoms with Crippen molar-refractivity contribution >= 4 is 0 Å². The molecule has 2 aromatic carbocycles. The van der Waals surface area contributed by atoms with Crippen molar-refractivity contribution in [2.24, 2.45) is 5.92 Å². The van der Waals surface area contributed by atoms with E-state index in [1.807, 2.05) is 30.3 Å². The summed E-state index contributed by atoms with van der Waals surface area (Å²) in [5, 5.41) is 0. The molecular weight excluding hydrogens is 315 g/mol. The molecule has 1 saturated heterocycles. The van der Waals surface area contributed by atoms with Gasteiger partial charge in [-0.2, -0.15) is 0 Å². The van der Waals surface area contributed by atoms with E-state index in [9.17, 15) is 4.39 Å². The van der Waals surface area contributed by atoms with Crippen molar-refractivity contribution < 1.29 is 13.9 Å². The summed E-state index contributed by atoms with van der Waals surface area (Å²) in [6, 6.07) is 13.0. The standard InChI is InChI=1S/C22H23FO2/c1-3-5-16-14-24-22(25-15-16)19-10-7-17(8-11-19)20-12-9-18(6-4-2)21(23)13-20/h7-13,16,22H,3,5,14-15H2,1-2H3/t16-,22-. The van der Waals surface area contributed by atoms with Crippen molar-refractivity contribution in [3.63, 3.8) is 0 Å². The number of benzene rings is 2. The zero-order chi connectivity index (χ0) is 17.6. The number of halogens is 1. The van der Waals surface area contributed by atoms with Gasteiger partial charge >= 0.3 is 0 Å². The van der Waals surface area contributed by atoms with Gasteiger partial charge in [-0.25, -0.2) is 4.39 Å². The molecule has 1 aliphatic heterocycles. The lowest BCUT2D eigenvalue weighted by molar-refractivity contribution is -0.206. The van der Waals surface area contributed by atoms with Gasteiger partial charge in [-0.15, -0.1) is 5.92 Å². The van der Waals surface area contributed by atoms with Crippen LogP contribution in [0.3, 0.4) is 0 Å². The molecule has 25 heavy (non-hydrogen) atoms. The van der Waals surface area contributed by atoms with Crippen molar-refractivity contribution in [3.05, 3.63) is 59.4 Å². The smallest absolute Gasteiger partial charge is 0.183 e. The maximum atomic E-state index is 14.0. The van der Waals surface area contributed by atoms with Gasteiger partial charge in [-0.3, -0.25) is 0 Å². The van der Waals surface area contributed by atoms with Crippen LogP contribution in [-0.4, -0.2) is 13.2 Å². The molecule has 2 nitrogen and oxygen atoms in total. The summed E-state index contributed by atoms with van der Waals surface area (Å²) in [5.74, 6) is 5.68. The first-order valence-electron chi connectivity index (χ1n) is 8.77. The zero-order valence-electron chi connectivity index (χ0n) is 14.7. The van der Waals surface area contributed by atoms with Gasteiger partial charge in [0.15, 0.2) is 6.29 Å². The molecule has 0 spiro atoms. The van der Waals surface area contributed by atoms with E-state index < -0.39 is 0 Å². The molecule has 0 aromatic heterocycles. The second-order valence-corrected chi connectivity index (χ2v) is 6.34. The van der Waals surface area contributed by atoms with Gasteiger partial charge in [0.25, 0.3) is 0 Å². The monoisotopic (exact) mass is 338 g/mol. The lowest BCUT2D eigenvalue weighted by Gasteiger charge is -2.29. The Bertz CT molecular complexity index is 763. The highest BCUT2D eigenvalue weighted by Gasteiger charge is 2.22. The molecule has 0 unspecified atom stereocenters. The molecule has 0 bridgehead atoms. The Labute approximate surface area is 149 Å². The van der Waals surface area contributed by atoms with Crippen LogP contribution in [-0.2, 0) is 9.47 Å². The maximum absolute atomic E-state index is 14.0. The fraction of sp³-hybridized carbons (Fsp3) is 0.364. The van der Waals surface area contributed by atoms with Crippen molar-refractivity contribution in [2.45, 2.75) is 33.0 Å². The van der Waals surface area contributed by atoms with E-state index in [1.54, 1.807) is 13.0 Å². The Hall–Kier alpha value is -2.15. The van der Waals surface area contributed by atoms with Crippen molar-refractivity contribution in [3.8, 4) is 23.0 Å². The predicted octanol–water partition coefficient (Wildman–Crippen LogP) is 5.33. The Morgan fingerprint density at radius 1 is 1.04 bits per heavy atom. The van der Waals surface area contributed by atoms with E-state index in [-0.39, 0.29) is 12.1 Å². The summed E-state index contributed by atoms with van der Waals surface area (Å²) < 4.78 is 25.7. The van der Waals surface area contributed by atoms with Crippen molar-refractivity contribution in [1.29, 1.82) is 0 Å². The van der Waals surface area contributed by atoms with Gasteiger partial charge in [0.2, 0.25) is 0 Å². The van der Waals surface area contributed by atoms with Crippen LogP contribution in [0.5, 0.6) is 0 Å². The largest absolute Gasteiger partial charge is 0.348 e. The van der Waals surface area contributed by atoms with Gasteiger partial charge in [-0.1, -0.05) is 49.6 Å². The fourth-order valence-electron chi connectivity index (χ4n) is 3.07. The molecule has 2 aromatic rings. The van der Waals surface area contributed by atoms with E-state index in [4.69, 9.17) is 9.47 Å². The van der Waals surface area contributed by atoms with Gasteiger partial charge in [0, 0.05) is 11.5 Å². The summed E-state index contributed by atoms with van der Waals surface area (Å²) in [5.41, 5.74) is 3.21. The summed E-state index contributed by atoms with van der Waals surface area (Å²) >= 11 is 0. The van der Waals surface area contributed by atoms with Crippen LogP contribution in [0.25, 0.3) is 11.1 Å². The minimum absolute atomic E-state index is 0.295. The van der Waals surface area contributed by atoms with Crippen LogP contribution in [0.4, 0.5) is 4.39 Å². The highest BCUT2D eigenvalue weighted by Crippen LogP contribution is 2.29. The molecular formula is C22H23FO2. The molecule has 0 radical (unpaired) electrons. The first-order valence-corrected chi connectivity index (χ1v) is 8.77. The van der Waals surface area contributed by atoms with Gasteiger partial charge in [-0.05, 0) is 36.6 Å². The second-order valence-electron chi connectivity index (χ2n) is 6.34. The van der Waals surface area contributed by atoms with Gasteiger partial charge < -0.3 is 9.47 Å². The van der Waals surface area contributed by atoms with Gasteiger partial charge in [0.1, 0.15) is 5.82 Å². The summed E-state index contributed by atoms with van der Waals surface area (Å²) in [4.78, 5) is 0. The molecule has 0 N–H and O–H groups in total. The average Bonchev–Trinajstić information content (AvgIpc) is 2.65. The number of hydrogen-bond acceptors (Lipinski definition) is 2. The Kier molecular flexibility index (Phi) is 5.86. The van der Waals surface area contributed by atoms with E-state index in [2.05, 4.69) is 18.8 Å². The lowest BCUT2D eigenvalue weighted by atomic mass is 10.0. The molecule has 0 amide bonds. The molecule has 0 atom stereocenters. The van der Waals surface area contributed by atoms with Crippen LogP contribution in [0.1, 0.15) is 44.1 Å². The van der Waals surface area contributed by atoms with Crippen LogP contribution in [0.2, 0.25) is 0 Å². The Balaban J connectivity index is 1.70. The average molecular weight is 338 g/mol. The van der Waals surface area contributed by atoms with Crippen molar-refractivity contribution in [1.82, 2.24) is 0 Å². The van der Waals surface area contributed by atoms with Crippen LogP contribution < -0.4 is 0 Å². The molecule has 3 rings (SSSR count). The summed E-state index contributed by atoms with van der Waals surface area (Å²) in [7, 11) is 0. The summed E-state index contributed by atoms with van der Waals surface area (Å²) in [6.07, 6.45) is 1.98. The minimum Gasteiger partial charge on any atom is -0.348 e. The van der Waals surface area contributed by atoms with Crippen LogP contribution >= 0.6 is 0 Å². The molecule has 1 aliphatic rings. The minimum atomic E-state index is -0.305. The van der Waals surface area contributed by atoms with E-state index in [0.29, 0.717) is 11.5 Å². The molecule has 130 valence electrons. The SMILES string of the molecule is CC#Cc1ccc(-c2ccc([C@H]3OC[C@H](CCC)CO3)cc2)cc1F. The van der Waals surface area contributed by atoms with Crippen LogP contribution in [0, 0.1) is 23.6 Å². The Morgan fingerprint density at radius 2 is 1.72 bits per heavy atom. The molecule has 1 fully saturated rings. The molecule has 3 heteroatoms. The Morgan fingerprint density at radius 3 is 2.32 bits per heavy atom. The third kappa shape index (κ3) is 4.28. The normalized spacial score (nSPS) is 20.0. The first kappa shape index (κ1) is 17.7. The second kappa shape index (κ2) is 8.29. The first-order chi connectivity index (χ1) is 12.2. The zero-order valence-corrected chi connectivity index (χ0v) is 14.7. The fourth-order valence-corrected chi connectivity index (χ4v) is 3.07. The topological polar surface area (TPSA) is 18.5 Å². The lowest BCUT2D eigenvalue weighted by Crippen LogP contribution is -2.26. The third-order valence-electron chi connectivity index (χ3n) is 4.41. The third-order valence-corrected chi connectivity index (χ3v) is 4.41.